The highest BCUT2D eigenvalue weighted by atomic mass is 15.3. The fraction of sp³-hybridized carbons (Fsp3) is 1.00. The number of nitrogens with one attached hydrogen (secondary N) is 2. The van der Waals surface area contributed by atoms with Crippen molar-refractivity contribution in [3.8, 4) is 0 Å². The first kappa shape index (κ1) is 9.96. The van der Waals surface area contributed by atoms with Gasteiger partial charge in [0.15, 0.2) is 0 Å². The van der Waals surface area contributed by atoms with Crippen LogP contribution in [0.4, 0.5) is 0 Å². The third-order valence-corrected chi connectivity index (χ3v) is 2.59. The second-order valence-electron chi connectivity index (χ2n) is 3.67. The van der Waals surface area contributed by atoms with Gasteiger partial charge in [-0.15, -0.1) is 0 Å². The van der Waals surface area contributed by atoms with Crippen LogP contribution in [0.1, 0.15) is 20.3 Å². The fourth-order valence-corrected chi connectivity index (χ4v) is 1.67. The summed E-state index contributed by atoms with van der Waals surface area (Å²) in [4.78, 5) is 2.49. The van der Waals surface area contributed by atoms with Crippen molar-refractivity contribution in [2.45, 2.75) is 32.5 Å². The molecule has 2 atom stereocenters. The average Bonchev–Trinajstić information content (AvgIpc) is 2.28. The van der Waals surface area contributed by atoms with Crippen molar-refractivity contribution in [3.05, 3.63) is 0 Å². The van der Waals surface area contributed by atoms with E-state index < -0.39 is 0 Å². The molecule has 1 fully saturated rings. The summed E-state index contributed by atoms with van der Waals surface area (Å²) < 4.78 is 0. The van der Waals surface area contributed by atoms with Gasteiger partial charge in [-0.2, -0.15) is 0 Å². The largest absolute Gasteiger partial charge is 0.313 e. The summed E-state index contributed by atoms with van der Waals surface area (Å²) in [5.74, 6) is 0. The highest BCUT2D eigenvalue weighted by Gasteiger charge is 2.17. The van der Waals surface area contributed by atoms with Gasteiger partial charge in [-0.1, -0.05) is 0 Å². The fourth-order valence-electron chi connectivity index (χ4n) is 1.67. The molecule has 1 aliphatic heterocycles. The molecule has 72 valence electrons. The maximum Gasteiger partial charge on any atom is 0.0566 e. The monoisotopic (exact) mass is 171 g/mol. The van der Waals surface area contributed by atoms with Crippen LogP contribution in [0.5, 0.6) is 0 Å². The van der Waals surface area contributed by atoms with E-state index in [1.807, 2.05) is 7.05 Å². The summed E-state index contributed by atoms with van der Waals surface area (Å²) in [6.07, 6.45) is 1.77. The van der Waals surface area contributed by atoms with Gasteiger partial charge in [-0.25, -0.2) is 0 Å². The first-order chi connectivity index (χ1) is 5.74. The summed E-state index contributed by atoms with van der Waals surface area (Å²) in [6.45, 7) is 7.99. The molecule has 2 N–H and O–H groups in total. The second-order valence-corrected chi connectivity index (χ2v) is 3.67. The first-order valence-electron chi connectivity index (χ1n) is 4.88. The minimum absolute atomic E-state index is 0.507. The smallest absolute Gasteiger partial charge is 0.0566 e. The number of nitrogens with zero attached hydrogens (tertiary/aromatic N) is 1. The lowest BCUT2D eigenvalue weighted by atomic mass is 10.3. The minimum Gasteiger partial charge on any atom is -0.313 e. The first-order valence-corrected chi connectivity index (χ1v) is 4.88. The Hall–Kier alpha value is -0.120. The molecule has 0 saturated carbocycles. The Kier molecular flexibility index (Phi) is 3.98. The van der Waals surface area contributed by atoms with Crippen LogP contribution in [-0.2, 0) is 0 Å². The Morgan fingerprint density at radius 1 is 1.58 bits per heavy atom. The van der Waals surface area contributed by atoms with Crippen LogP contribution in [-0.4, -0.2) is 43.8 Å². The lowest BCUT2D eigenvalue weighted by molar-refractivity contribution is 0.186. The van der Waals surface area contributed by atoms with E-state index in [4.69, 9.17) is 0 Å². The SMILES string of the molecule is CNC(C)N1CCCNC(C)C1. The number of hydrogen-bond donors (Lipinski definition) is 2. The summed E-state index contributed by atoms with van der Waals surface area (Å²) in [6, 6.07) is 0.628. The topological polar surface area (TPSA) is 27.3 Å². The summed E-state index contributed by atoms with van der Waals surface area (Å²) >= 11 is 0. The average molecular weight is 171 g/mol. The van der Waals surface area contributed by atoms with Crippen LogP contribution in [0.25, 0.3) is 0 Å². The molecule has 3 heteroatoms. The number of rotatable bonds is 2. The molecular weight excluding hydrogens is 150 g/mol. The minimum atomic E-state index is 0.507. The lowest BCUT2D eigenvalue weighted by Gasteiger charge is -2.28. The Morgan fingerprint density at radius 3 is 3.00 bits per heavy atom. The molecule has 0 aliphatic carbocycles. The standard InChI is InChI=1S/C9H21N3/c1-8-7-12(9(2)10-3)6-4-5-11-8/h8-11H,4-7H2,1-3H3. The van der Waals surface area contributed by atoms with Gasteiger partial charge < -0.3 is 10.6 Å². The van der Waals surface area contributed by atoms with Gasteiger partial charge in [0.25, 0.3) is 0 Å². The Bertz CT molecular complexity index is 127. The van der Waals surface area contributed by atoms with Crippen molar-refractivity contribution >= 4 is 0 Å². The third kappa shape index (κ3) is 2.73. The highest BCUT2D eigenvalue weighted by Crippen LogP contribution is 2.02. The molecule has 0 amide bonds. The van der Waals surface area contributed by atoms with Crippen molar-refractivity contribution in [2.75, 3.05) is 26.7 Å². The molecule has 0 aromatic rings. The van der Waals surface area contributed by atoms with Gasteiger partial charge in [-0.3, -0.25) is 4.90 Å². The molecule has 0 bridgehead atoms. The summed E-state index contributed by atoms with van der Waals surface area (Å²) in [5, 5.41) is 6.77. The van der Waals surface area contributed by atoms with Gasteiger partial charge in [0.2, 0.25) is 0 Å². The van der Waals surface area contributed by atoms with Crippen LogP contribution in [0.2, 0.25) is 0 Å². The molecule has 12 heavy (non-hydrogen) atoms. The molecule has 0 spiro atoms. The molecule has 1 heterocycles. The van der Waals surface area contributed by atoms with Crippen LogP contribution < -0.4 is 10.6 Å². The summed E-state index contributed by atoms with van der Waals surface area (Å²) in [7, 11) is 2.02. The molecule has 1 aliphatic rings. The zero-order valence-corrected chi connectivity index (χ0v) is 8.43. The molecule has 1 rings (SSSR count). The van der Waals surface area contributed by atoms with Crippen LogP contribution in [0, 0.1) is 0 Å². The highest BCUT2D eigenvalue weighted by molar-refractivity contribution is 4.75. The van der Waals surface area contributed by atoms with Gasteiger partial charge in [-0.05, 0) is 33.9 Å². The van der Waals surface area contributed by atoms with Crippen molar-refractivity contribution in [1.82, 2.24) is 15.5 Å². The van der Waals surface area contributed by atoms with Crippen LogP contribution >= 0.6 is 0 Å². The van der Waals surface area contributed by atoms with Gasteiger partial charge in [0, 0.05) is 19.1 Å². The maximum atomic E-state index is 3.48. The molecule has 1 saturated heterocycles. The second kappa shape index (κ2) is 4.80. The summed E-state index contributed by atoms with van der Waals surface area (Å²) in [5.41, 5.74) is 0. The zero-order valence-electron chi connectivity index (χ0n) is 8.43. The molecule has 0 aromatic heterocycles. The van der Waals surface area contributed by atoms with E-state index in [-0.39, 0.29) is 0 Å². The van der Waals surface area contributed by atoms with Gasteiger partial charge >= 0.3 is 0 Å². The van der Waals surface area contributed by atoms with Gasteiger partial charge in [0.05, 0.1) is 6.17 Å². The van der Waals surface area contributed by atoms with Crippen LogP contribution in [0.15, 0.2) is 0 Å². The lowest BCUT2D eigenvalue weighted by Crippen LogP contribution is -2.45. The van der Waals surface area contributed by atoms with E-state index in [9.17, 15) is 0 Å². The third-order valence-electron chi connectivity index (χ3n) is 2.59. The Morgan fingerprint density at radius 2 is 2.33 bits per heavy atom. The van der Waals surface area contributed by atoms with E-state index >= 15 is 0 Å². The molecular formula is C9H21N3. The molecule has 2 unspecified atom stereocenters. The van der Waals surface area contributed by atoms with E-state index in [1.165, 1.54) is 13.0 Å². The zero-order chi connectivity index (χ0) is 8.97. The predicted molar refractivity (Wildman–Crippen MR) is 52.2 cm³/mol. The van der Waals surface area contributed by atoms with Crippen molar-refractivity contribution in [3.63, 3.8) is 0 Å². The maximum absolute atomic E-state index is 3.48. The van der Waals surface area contributed by atoms with Gasteiger partial charge in [0.1, 0.15) is 0 Å². The van der Waals surface area contributed by atoms with Crippen LogP contribution in [0.3, 0.4) is 0 Å². The van der Waals surface area contributed by atoms with E-state index in [0.717, 1.165) is 13.1 Å². The Labute approximate surface area is 75.5 Å². The molecule has 0 radical (unpaired) electrons. The molecule has 3 nitrogen and oxygen atoms in total. The van der Waals surface area contributed by atoms with Crippen molar-refractivity contribution in [2.24, 2.45) is 0 Å². The number of hydrogen-bond acceptors (Lipinski definition) is 3. The quantitative estimate of drug-likeness (QED) is 0.623. The normalized spacial score (nSPS) is 29.8. The van der Waals surface area contributed by atoms with Crippen molar-refractivity contribution in [1.29, 1.82) is 0 Å². The molecule has 0 aromatic carbocycles. The Balaban J connectivity index is 2.40. The van der Waals surface area contributed by atoms with E-state index in [0.29, 0.717) is 12.2 Å². The van der Waals surface area contributed by atoms with E-state index in [2.05, 4.69) is 29.4 Å². The predicted octanol–water partition coefficient (Wildman–Crippen LogP) is 0.236. The van der Waals surface area contributed by atoms with E-state index in [1.54, 1.807) is 0 Å². The van der Waals surface area contributed by atoms with Crippen molar-refractivity contribution < 1.29 is 0 Å².